The number of likely N-dealkylation sites (tertiary alicyclic amines) is 1. The second-order valence-corrected chi connectivity index (χ2v) is 12.4. The zero-order chi connectivity index (χ0) is 28.3. The van der Waals surface area contributed by atoms with Crippen LogP contribution in [-0.4, -0.2) is 89.1 Å². The summed E-state index contributed by atoms with van der Waals surface area (Å²) in [6.07, 6.45) is 6.25. The number of amides is 3. The monoisotopic (exact) mass is 555 g/mol. The number of likely N-dealkylation sites (N-methyl/N-ethyl adjacent to an activating group) is 1. The average Bonchev–Trinajstić information content (AvgIpc) is 3.52. The van der Waals surface area contributed by atoms with E-state index < -0.39 is 22.6 Å². The number of nitrogens with zero attached hydrogens (tertiary/aromatic N) is 3. The van der Waals surface area contributed by atoms with Crippen LogP contribution in [0.15, 0.2) is 49.6 Å². The van der Waals surface area contributed by atoms with Gasteiger partial charge in [0.2, 0.25) is 11.8 Å². The van der Waals surface area contributed by atoms with Gasteiger partial charge in [0.1, 0.15) is 11.8 Å². The van der Waals surface area contributed by atoms with Gasteiger partial charge in [-0.25, -0.2) is 0 Å². The highest BCUT2D eigenvalue weighted by Gasteiger charge is 2.76. The van der Waals surface area contributed by atoms with Crippen molar-refractivity contribution in [3.8, 4) is 5.75 Å². The molecule has 1 aromatic rings. The van der Waals surface area contributed by atoms with E-state index in [1.54, 1.807) is 52.8 Å². The third-order valence-corrected chi connectivity index (χ3v) is 10.6. The van der Waals surface area contributed by atoms with Crippen LogP contribution in [-0.2, 0) is 14.4 Å². The minimum absolute atomic E-state index is 0.00519. The van der Waals surface area contributed by atoms with Crippen LogP contribution < -0.4 is 9.64 Å². The van der Waals surface area contributed by atoms with E-state index in [-0.39, 0.29) is 35.5 Å². The smallest absolute Gasteiger partial charge is 0.251 e. The van der Waals surface area contributed by atoms with Crippen molar-refractivity contribution in [3.63, 3.8) is 0 Å². The maximum absolute atomic E-state index is 14.6. The summed E-state index contributed by atoms with van der Waals surface area (Å²) in [5.41, 5.74) is 0.705. The fourth-order valence-corrected chi connectivity index (χ4v) is 9.20. The number of anilines is 1. The molecule has 2 bridgehead atoms. The van der Waals surface area contributed by atoms with Gasteiger partial charge in [0, 0.05) is 44.2 Å². The Morgan fingerprint density at radius 3 is 2.46 bits per heavy atom. The highest BCUT2D eigenvalue weighted by molar-refractivity contribution is 8.02. The summed E-state index contributed by atoms with van der Waals surface area (Å²) >= 11 is 1.68. The highest BCUT2D eigenvalue weighted by Crippen LogP contribution is 2.69. The van der Waals surface area contributed by atoms with Gasteiger partial charge in [0.05, 0.1) is 23.7 Å². The summed E-state index contributed by atoms with van der Waals surface area (Å²) in [5, 5.41) is 9.27. The van der Waals surface area contributed by atoms with Gasteiger partial charge in [-0.05, 0) is 55.9 Å². The number of methoxy groups -OCH3 is 1. The number of carbonyl (C=O) groups excluding carboxylic acids is 3. The van der Waals surface area contributed by atoms with Gasteiger partial charge in [-0.3, -0.25) is 14.4 Å². The summed E-state index contributed by atoms with van der Waals surface area (Å²) in [4.78, 5) is 47.6. The molecule has 1 N–H and O–H groups in total. The number of thioether (sulfide) groups is 1. The molecular formula is C30H41N3O5S. The first-order chi connectivity index (χ1) is 18.8. The molecule has 1 spiro atoms. The Balaban J connectivity index is 1.76. The first-order valence-corrected chi connectivity index (χ1v) is 14.7. The van der Waals surface area contributed by atoms with Crippen molar-refractivity contribution in [3.05, 3.63) is 49.6 Å². The molecule has 6 atom stereocenters. The van der Waals surface area contributed by atoms with E-state index in [0.29, 0.717) is 43.9 Å². The summed E-state index contributed by atoms with van der Waals surface area (Å²) in [7, 11) is 3.35. The molecule has 0 saturated carbocycles. The maximum atomic E-state index is 14.6. The van der Waals surface area contributed by atoms with E-state index >= 15 is 0 Å². The average molecular weight is 556 g/mol. The van der Waals surface area contributed by atoms with Crippen LogP contribution in [0.4, 0.5) is 5.69 Å². The Morgan fingerprint density at radius 1 is 1.15 bits per heavy atom. The van der Waals surface area contributed by atoms with Gasteiger partial charge >= 0.3 is 0 Å². The zero-order valence-electron chi connectivity index (χ0n) is 23.3. The van der Waals surface area contributed by atoms with E-state index in [2.05, 4.69) is 20.1 Å². The number of benzene rings is 1. The lowest BCUT2D eigenvalue weighted by atomic mass is 9.65. The highest BCUT2D eigenvalue weighted by atomic mass is 32.2. The third kappa shape index (κ3) is 4.99. The fourth-order valence-electron chi connectivity index (χ4n) is 6.79. The number of unbranched alkanes of at least 4 members (excludes halogenated alkanes) is 2. The van der Waals surface area contributed by atoms with Gasteiger partial charge < -0.3 is 24.5 Å². The van der Waals surface area contributed by atoms with E-state index in [9.17, 15) is 19.5 Å². The van der Waals surface area contributed by atoms with Gasteiger partial charge in [-0.1, -0.05) is 19.1 Å². The van der Waals surface area contributed by atoms with Crippen molar-refractivity contribution < 1.29 is 24.2 Å². The van der Waals surface area contributed by atoms with Crippen LogP contribution in [0.5, 0.6) is 5.75 Å². The molecule has 3 aliphatic rings. The molecule has 3 fully saturated rings. The van der Waals surface area contributed by atoms with Crippen LogP contribution in [0, 0.1) is 17.8 Å². The zero-order valence-corrected chi connectivity index (χ0v) is 24.1. The Bertz CT molecular complexity index is 1090. The number of ether oxygens (including phenoxy) is 1. The second kappa shape index (κ2) is 12.2. The Hall–Kier alpha value is -2.78. The summed E-state index contributed by atoms with van der Waals surface area (Å²) in [6.45, 7) is 11.0. The first kappa shape index (κ1) is 29.2. The normalized spacial score (nSPS) is 28.8. The molecule has 3 saturated heterocycles. The van der Waals surface area contributed by atoms with Gasteiger partial charge in [0.15, 0.2) is 0 Å². The standard InChI is InChI=1S/C30H41N3O5S/c1-6-15-31(4)27(35)24-23-19-20(3)30(39-23)25(24)28(36)33(17-9-8-10-18-34)26(30)29(37)32(16-7-2)21-11-13-22(38-5)14-12-21/h6-7,11-14,20,23-26,34H,1-2,8-10,15-19H2,3-5H3/t20?,23-,24+,25+,26?,30?/m1/s1. The topological polar surface area (TPSA) is 90.4 Å². The van der Waals surface area contributed by atoms with Crippen molar-refractivity contribution in [1.82, 2.24) is 9.80 Å². The molecule has 8 nitrogen and oxygen atoms in total. The Labute approximate surface area is 236 Å². The Morgan fingerprint density at radius 2 is 1.85 bits per heavy atom. The van der Waals surface area contributed by atoms with Gasteiger partial charge in [-0.15, -0.1) is 24.9 Å². The largest absolute Gasteiger partial charge is 0.497 e. The lowest BCUT2D eigenvalue weighted by Crippen LogP contribution is -2.57. The minimum Gasteiger partial charge on any atom is -0.497 e. The van der Waals surface area contributed by atoms with Gasteiger partial charge in [-0.2, -0.15) is 0 Å². The summed E-state index contributed by atoms with van der Waals surface area (Å²) < 4.78 is 4.62. The lowest BCUT2D eigenvalue weighted by molar-refractivity contribution is -0.143. The molecule has 1 aromatic carbocycles. The summed E-state index contributed by atoms with van der Waals surface area (Å²) in [6, 6.07) is 6.62. The van der Waals surface area contributed by atoms with Crippen molar-refractivity contribution in [2.24, 2.45) is 17.8 Å². The number of carbonyl (C=O) groups is 3. The van der Waals surface area contributed by atoms with Crippen LogP contribution in [0.3, 0.4) is 0 Å². The molecular weight excluding hydrogens is 514 g/mol. The maximum Gasteiger partial charge on any atom is 0.251 e. The fraction of sp³-hybridized carbons (Fsp3) is 0.567. The van der Waals surface area contributed by atoms with Crippen molar-refractivity contribution in [2.45, 2.75) is 48.6 Å². The van der Waals surface area contributed by atoms with Crippen LogP contribution in [0.25, 0.3) is 0 Å². The molecule has 0 aliphatic carbocycles. The number of hydrogen-bond donors (Lipinski definition) is 1. The predicted molar refractivity (Wildman–Crippen MR) is 155 cm³/mol. The SMILES string of the molecule is C=CCN(C)C(=O)[C@@H]1[C@H]2C(=O)N(CCCCCO)C(C(=O)N(CC=C)c3ccc(OC)cc3)C23S[C@@H]1CC3C. The van der Waals surface area contributed by atoms with Crippen molar-refractivity contribution in [2.75, 3.05) is 45.3 Å². The molecule has 0 radical (unpaired) electrons. The molecule has 4 rings (SSSR count). The molecule has 3 heterocycles. The van der Waals surface area contributed by atoms with E-state index in [1.165, 1.54) is 0 Å². The predicted octanol–water partition coefficient (Wildman–Crippen LogP) is 3.36. The first-order valence-electron chi connectivity index (χ1n) is 13.8. The summed E-state index contributed by atoms with van der Waals surface area (Å²) in [5.74, 6) is -0.532. The quantitative estimate of drug-likeness (QED) is 0.297. The van der Waals surface area contributed by atoms with E-state index in [0.717, 1.165) is 12.8 Å². The molecule has 3 unspecified atom stereocenters. The molecule has 3 aliphatic heterocycles. The number of aliphatic hydroxyl groups is 1. The molecule has 3 amide bonds. The number of aliphatic hydroxyl groups excluding tert-OH is 1. The number of rotatable bonds is 13. The van der Waals surface area contributed by atoms with E-state index in [4.69, 9.17) is 4.74 Å². The van der Waals surface area contributed by atoms with Crippen molar-refractivity contribution >= 4 is 35.2 Å². The van der Waals surface area contributed by atoms with Crippen LogP contribution in [0.1, 0.15) is 32.6 Å². The molecule has 9 heteroatoms. The number of fused-ring (bicyclic) bond motifs is 1. The molecule has 0 aromatic heterocycles. The van der Waals surface area contributed by atoms with Gasteiger partial charge in [0.25, 0.3) is 5.91 Å². The van der Waals surface area contributed by atoms with E-state index in [1.807, 2.05) is 24.3 Å². The van der Waals surface area contributed by atoms with Crippen LogP contribution in [0.2, 0.25) is 0 Å². The minimum atomic E-state index is -0.696. The lowest BCUT2D eigenvalue weighted by Gasteiger charge is -2.41. The second-order valence-electron chi connectivity index (χ2n) is 10.8. The molecule has 39 heavy (non-hydrogen) atoms. The Kier molecular flexibility index (Phi) is 9.11. The van der Waals surface area contributed by atoms with Crippen LogP contribution >= 0.6 is 11.8 Å². The third-order valence-electron chi connectivity index (χ3n) is 8.56. The van der Waals surface area contributed by atoms with Crippen molar-refractivity contribution in [1.29, 1.82) is 0 Å². The molecule has 212 valence electrons. The number of hydrogen-bond acceptors (Lipinski definition) is 6.